The van der Waals surface area contributed by atoms with Gasteiger partial charge in [-0.15, -0.1) is 0 Å². The SMILES string of the molecule is O=C(O)c1ccc(C(=O)N2CCOCC2)cn1.[LiH]. The number of pyridine rings is 1. The van der Waals surface area contributed by atoms with Crippen LogP contribution in [0.3, 0.4) is 0 Å². The molecule has 0 spiro atoms. The van der Waals surface area contributed by atoms with Gasteiger partial charge in [-0.2, -0.15) is 0 Å². The molecular weight excluding hydrogens is 231 g/mol. The Morgan fingerprint density at radius 3 is 2.44 bits per heavy atom. The van der Waals surface area contributed by atoms with E-state index in [1.54, 1.807) is 4.90 Å². The first-order valence-electron chi connectivity index (χ1n) is 5.25. The van der Waals surface area contributed by atoms with Crippen LogP contribution in [0, 0.1) is 0 Å². The zero-order chi connectivity index (χ0) is 12.3. The van der Waals surface area contributed by atoms with Gasteiger partial charge in [0, 0.05) is 19.3 Å². The van der Waals surface area contributed by atoms with E-state index in [0.717, 1.165) is 0 Å². The topological polar surface area (TPSA) is 79.7 Å². The molecule has 1 aliphatic heterocycles. The van der Waals surface area contributed by atoms with Gasteiger partial charge in [0.25, 0.3) is 5.91 Å². The summed E-state index contributed by atoms with van der Waals surface area (Å²) < 4.78 is 5.15. The zero-order valence-corrected chi connectivity index (χ0v) is 9.13. The third-order valence-electron chi connectivity index (χ3n) is 2.53. The van der Waals surface area contributed by atoms with E-state index in [0.29, 0.717) is 31.9 Å². The Morgan fingerprint density at radius 1 is 1.28 bits per heavy atom. The number of carboxylic acid groups (broad SMARTS) is 1. The molecule has 92 valence electrons. The van der Waals surface area contributed by atoms with E-state index in [-0.39, 0.29) is 30.5 Å². The monoisotopic (exact) mass is 244 g/mol. The average Bonchev–Trinajstić information content (AvgIpc) is 2.39. The fourth-order valence-corrected chi connectivity index (χ4v) is 1.60. The molecule has 6 nitrogen and oxygen atoms in total. The fourth-order valence-electron chi connectivity index (χ4n) is 1.60. The number of hydrogen-bond donors (Lipinski definition) is 1. The van der Waals surface area contributed by atoms with Crippen molar-refractivity contribution in [2.45, 2.75) is 0 Å². The molecule has 7 heteroatoms. The first-order chi connectivity index (χ1) is 8.18. The number of amides is 1. The third-order valence-corrected chi connectivity index (χ3v) is 2.53. The Hall–Kier alpha value is -1.35. The van der Waals surface area contributed by atoms with Gasteiger partial charge in [0.2, 0.25) is 0 Å². The Morgan fingerprint density at radius 2 is 1.94 bits per heavy atom. The van der Waals surface area contributed by atoms with Gasteiger partial charge < -0.3 is 14.7 Å². The number of carbonyl (C=O) groups is 2. The van der Waals surface area contributed by atoms with Crippen LogP contribution in [-0.2, 0) is 4.74 Å². The molecule has 0 aromatic carbocycles. The number of nitrogens with zero attached hydrogens (tertiary/aromatic N) is 2. The van der Waals surface area contributed by atoms with Crippen molar-refractivity contribution in [2.24, 2.45) is 0 Å². The van der Waals surface area contributed by atoms with E-state index in [2.05, 4.69) is 4.98 Å². The molecule has 1 saturated heterocycles. The molecule has 1 aliphatic rings. The summed E-state index contributed by atoms with van der Waals surface area (Å²) in [4.78, 5) is 28.0. The van der Waals surface area contributed by atoms with Crippen molar-refractivity contribution in [1.29, 1.82) is 0 Å². The van der Waals surface area contributed by atoms with Gasteiger partial charge in [-0.1, -0.05) is 0 Å². The molecule has 1 aromatic heterocycles. The van der Waals surface area contributed by atoms with E-state index in [1.807, 2.05) is 0 Å². The van der Waals surface area contributed by atoms with Crippen LogP contribution in [0.5, 0.6) is 0 Å². The molecule has 18 heavy (non-hydrogen) atoms. The molecule has 1 amide bonds. The second kappa shape index (κ2) is 6.55. The average molecular weight is 244 g/mol. The van der Waals surface area contributed by atoms with E-state index in [4.69, 9.17) is 9.84 Å². The number of aromatic nitrogens is 1. The van der Waals surface area contributed by atoms with Crippen molar-refractivity contribution in [3.05, 3.63) is 29.6 Å². The summed E-state index contributed by atoms with van der Waals surface area (Å²) in [5, 5.41) is 8.69. The van der Waals surface area contributed by atoms with Crippen LogP contribution in [0.15, 0.2) is 18.3 Å². The summed E-state index contributed by atoms with van der Waals surface area (Å²) >= 11 is 0. The molecule has 2 rings (SSSR count). The quantitative estimate of drug-likeness (QED) is 0.716. The van der Waals surface area contributed by atoms with Crippen molar-refractivity contribution < 1.29 is 19.4 Å². The van der Waals surface area contributed by atoms with Crippen LogP contribution in [0.2, 0.25) is 0 Å². The van der Waals surface area contributed by atoms with Crippen molar-refractivity contribution in [3.8, 4) is 0 Å². The summed E-state index contributed by atoms with van der Waals surface area (Å²) in [6, 6.07) is 2.81. The number of carboxylic acids is 1. The van der Waals surface area contributed by atoms with Gasteiger partial charge in [-0.05, 0) is 12.1 Å². The molecule has 0 saturated carbocycles. The van der Waals surface area contributed by atoms with Gasteiger partial charge in [0.05, 0.1) is 18.8 Å². The number of aromatic carboxylic acids is 1. The molecule has 0 unspecified atom stereocenters. The normalized spacial score (nSPS) is 14.8. The van der Waals surface area contributed by atoms with Crippen LogP contribution in [0.1, 0.15) is 20.8 Å². The minimum absolute atomic E-state index is 0. The molecular formula is C11H13LiN2O4. The molecule has 1 fully saturated rings. The molecule has 0 atom stereocenters. The first-order valence-corrected chi connectivity index (χ1v) is 5.25. The second-order valence-corrected chi connectivity index (χ2v) is 3.64. The van der Waals surface area contributed by atoms with Crippen LogP contribution < -0.4 is 0 Å². The van der Waals surface area contributed by atoms with Crippen LogP contribution in [-0.4, -0.2) is 72.0 Å². The Bertz CT molecular complexity index is 429. The van der Waals surface area contributed by atoms with Crippen LogP contribution in [0.25, 0.3) is 0 Å². The molecule has 1 aromatic rings. The van der Waals surface area contributed by atoms with Gasteiger partial charge in [0.15, 0.2) is 0 Å². The number of morpholine rings is 1. The molecule has 0 bridgehead atoms. The fraction of sp³-hybridized carbons (Fsp3) is 0.364. The van der Waals surface area contributed by atoms with E-state index in [9.17, 15) is 9.59 Å². The van der Waals surface area contributed by atoms with E-state index >= 15 is 0 Å². The van der Waals surface area contributed by atoms with Crippen molar-refractivity contribution in [2.75, 3.05) is 26.3 Å². The first kappa shape index (κ1) is 14.7. The zero-order valence-electron chi connectivity index (χ0n) is 9.13. The van der Waals surface area contributed by atoms with Gasteiger partial charge in [-0.3, -0.25) is 4.79 Å². The third kappa shape index (κ3) is 3.32. The Labute approximate surface area is 116 Å². The van der Waals surface area contributed by atoms with Gasteiger partial charge in [-0.25, -0.2) is 9.78 Å². The molecule has 0 radical (unpaired) electrons. The maximum atomic E-state index is 12.0. The minimum atomic E-state index is -1.10. The van der Waals surface area contributed by atoms with Crippen molar-refractivity contribution >= 4 is 30.7 Å². The number of rotatable bonds is 2. The number of hydrogen-bond acceptors (Lipinski definition) is 4. The van der Waals surface area contributed by atoms with Crippen molar-refractivity contribution in [3.63, 3.8) is 0 Å². The summed E-state index contributed by atoms with van der Waals surface area (Å²) in [6.07, 6.45) is 1.29. The van der Waals surface area contributed by atoms with Gasteiger partial charge in [0.1, 0.15) is 5.69 Å². The van der Waals surface area contributed by atoms with E-state index in [1.165, 1.54) is 18.3 Å². The number of carbonyl (C=O) groups excluding carboxylic acids is 1. The standard InChI is InChI=1S/C11H12N2O4.Li.H/c14-10(13-3-5-17-6-4-13)8-1-2-9(11(15)16)12-7-8;;/h1-2,7H,3-6H2,(H,15,16);;. The van der Waals surface area contributed by atoms with E-state index < -0.39 is 5.97 Å². The van der Waals surface area contributed by atoms with Crippen LogP contribution in [0.4, 0.5) is 0 Å². The molecule has 1 N–H and O–H groups in total. The van der Waals surface area contributed by atoms with Crippen molar-refractivity contribution in [1.82, 2.24) is 9.88 Å². The summed E-state index contributed by atoms with van der Waals surface area (Å²) in [7, 11) is 0. The summed E-state index contributed by atoms with van der Waals surface area (Å²) in [6.45, 7) is 2.18. The van der Waals surface area contributed by atoms with Gasteiger partial charge >= 0.3 is 24.8 Å². The molecule has 2 heterocycles. The predicted molar refractivity (Wildman–Crippen MR) is 65.1 cm³/mol. The predicted octanol–water partition coefficient (Wildman–Crippen LogP) is -0.396. The maximum absolute atomic E-state index is 12.0. The summed E-state index contributed by atoms with van der Waals surface area (Å²) in [5.74, 6) is -1.24. The second-order valence-electron chi connectivity index (χ2n) is 3.64. The Kier molecular flexibility index (Phi) is 5.35. The number of ether oxygens (including phenoxy) is 1. The molecule has 0 aliphatic carbocycles. The summed E-state index contributed by atoms with van der Waals surface area (Å²) in [5.41, 5.74) is 0.334. The Balaban J connectivity index is 0.00000162. The van der Waals surface area contributed by atoms with Crippen LogP contribution >= 0.6 is 0 Å².